The molecule has 12 rings (SSSR count). The summed E-state index contributed by atoms with van der Waals surface area (Å²) in [4.78, 5) is 0. The van der Waals surface area contributed by atoms with Crippen molar-refractivity contribution in [2.24, 2.45) is 0 Å². The molecule has 0 bridgehead atoms. The largest absolute Gasteiger partial charge is 0.309 e. The Morgan fingerprint density at radius 3 is 1.54 bits per heavy atom. The summed E-state index contributed by atoms with van der Waals surface area (Å²) in [6.07, 6.45) is 0. The van der Waals surface area contributed by atoms with Crippen molar-refractivity contribution in [3.8, 4) is 44.8 Å². The molecule has 3 heteroatoms. The van der Waals surface area contributed by atoms with Crippen molar-refractivity contribution < 1.29 is 0 Å². The zero-order chi connectivity index (χ0) is 37.5. The van der Waals surface area contributed by atoms with Crippen LogP contribution in [0.5, 0.6) is 0 Å². The van der Waals surface area contributed by atoms with E-state index in [4.69, 9.17) is 0 Å². The quantitative estimate of drug-likeness (QED) is 0.166. The number of aromatic nitrogens is 2. The summed E-state index contributed by atoms with van der Waals surface area (Å²) in [6, 6.07) is 75.5. The van der Waals surface area contributed by atoms with E-state index in [1.165, 1.54) is 97.2 Å². The van der Waals surface area contributed by atoms with Crippen molar-refractivity contribution in [3.63, 3.8) is 0 Å². The lowest BCUT2D eigenvalue weighted by Gasteiger charge is -2.11. The molecule has 0 fully saturated rings. The van der Waals surface area contributed by atoms with Gasteiger partial charge in [-0.15, -0.1) is 11.3 Å². The SMILES string of the molecule is c1ccc(-c2ccc(-n3c4ccccc4c4ccc5c(c6ccccc6n5-c5ccc(-c6ccc(-c7cccc8c7sc7ccccc78)cc6)cc5)c43)cc2)cc1. The monoisotopic (exact) mass is 742 g/mol. The first-order chi connectivity index (χ1) is 28.3. The van der Waals surface area contributed by atoms with Crippen LogP contribution in [0, 0.1) is 0 Å². The lowest BCUT2D eigenvalue weighted by molar-refractivity contribution is 1.17. The molecule has 0 radical (unpaired) electrons. The Morgan fingerprint density at radius 1 is 0.298 bits per heavy atom. The van der Waals surface area contributed by atoms with Gasteiger partial charge in [0.05, 0.1) is 22.1 Å². The fourth-order valence-electron chi connectivity index (χ4n) is 9.11. The molecule has 12 aromatic rings. The predicted octanol–water partition coefficient (Wildman–Crippen LogP) is 15.2. The molecule has 57 heavy (non-hydrogen) atoms. The topological polar surface area (TPSA) is 9.86 Å². The highest BCUT2D eigenvalue weighted by Crippen LogP contribution is 2.43. The van der Waals surface area contributed by atoms with Crippen molar-refractivity contribution in [2.45, 2.75) is 0 Å². The third-order valence-electron chi connectivity index (χ3n) is 11.8. The highest BCUT2D eigenvalue weighted by molar-refractivity contribution is 7.26. The number of hydrogen-bond acceptors (Lipinski definition) is 1. The molecule has 2 nitrogen and oxygen atoms in total. The van der Waals surface area contributed by atoms with Crippen molar-refractivity contribution in [1.29, 1.82) is 0 Å². The van der Waals surface area contributed by atoms with Crippen molar-refractivity contribution in [2.75, 3.05) is 0 Å². The van der Waals surface area contributed by atoms with Gasteiger partial charge in [0.15, 0.2) is 0 Å². The molecule has 0 spiro atoms. The minimum Gasteiger partial charge on any atom is -0.309 e. The van der Waals surface area contributed by atoms with Crippen LogP contribution < -0.4 is 0 Å². The molecule has 0 unspecified atom stereocenters. The summed E-state index contributed by atoms with van der Waals surface area (Å²) in [5.41, 5.74) is 14.5. The zero-order valence-corrected chi connectivity index (χ0v) is 31.7. The molecular formula is C54H34N2S. The van der Waals surface area contributed by atoms with Gasteiger partial charge in [0.25, 0.3) is 0 Å². The number of thiophene rings is 1. The predicted molar refractivity (Wildman–Crippen MR) is 244 cm³/mol. The van der Waals surface area contributed by atoms with E-state index in [-0.39, 0.29) is 0 Å². The van der Waals surface area contributed by atoms with Gasteiger partial charge >= 0.3 is 0 Å². The number of nitrogens with zero attached hydrogens (tertiary/aromatic N) is 2. The van der Waals surface area contributed by atoms with Crippen LogP contribution >= 0.6 is 11.3 Å². The second kappa shape index (κ2) is 12.7. The molecule has 0 aliphatic heterocycles. The standard InChI is InChI=1S/C54H34N2S/c1-2-11-35(12-3-1)37-27-31-41(32-28-37)56-48-18-7-4-13-43(48)45-33-34-50-52(53(45)56)47-15-5-8-19-49(47)55(50)40-29-25-38(26-30-40)36-21-23-39(24-22-36)42-16-10-17-46-44-14-6-9-20-51(44)57-54(42)46/h1-34H. The van der Waals surface area contributed by atoms with Crippen LogP contribution in [0.2, 0.25) is 0 Å². The van der Waals surface area contributed by atoms with E-state index in [2.05, 4.69) is 215 Å². The molecule has 0 aliphatic carbocycles. The second-order valence-corrected chi connectivity index (χ2v) is 15.9. The Kier molecular flexibility index (Phi) is 7.13. The third-order valence-corrected chi connectivity index (χ3v) is 13.0. The molecule has 9 aromatic carbocycles. The van der Waals surface area contributed by atoms with Crippen LogP contribution in [0.3, 0.4) is 0 Å². The summed E-state index contributed by atoms with van der Waals surface area (Å²) >= 11 is 1.88. The summed E-state index contributed by atoms with van der Waals surface area (Å²) in [7, 11) is 0. The summed E-state index contributed by atoms with van der Waals surface area (Å²) in [5.74, 6) is 0. The smallest absolute Gasteiger partial charge is 0.0641 e. The van der Waals surface area contributed by atoms with E-state index in [0.29, 0.717) is 0 Å². The van der Waals surface area contributed by atoms with Crippen molar-refractivity contribution in [1.82, 2.24) is 9.13 Å². The average molecular weight is 743 g/mol. The minimum atomic E-state index is 1.15. The number of hydrogen-bond donors (Lipinski definition) is 0. The van der Waals surface area contributed by atoms with Crippen LogP contribution in [0.15, 0.2) is 206 Å². The first-order valence-electron chi connectivity index (χ1n) is 19.5. The molecule has 0 saturated heterocycles. The van der Waals surface area contributed by atoms with Gasteiger partial charge in [0, 0.05) is 53.1 Å². The Morgan fingerprint density at radius 2 is 0.825 bits per heavy atom. The molecule has 0 aliphatic rings. The second-order valence-electron chi connectivity index (χ2n) is 14.9. The normalized spacial score (nSPS) is 11.9. The van der Waals surface area contributed by atoms with E-state index in [1.807, 2.05) is 11.3 Å². The minimum absolute atomic E-state index is 1.15. The lowest BCUT2D eigenvalue weighted by Crippen LogP contribution is -1.95. The van der Waals surface area contributed by atoms with Crippen LogP contribution in [0.4, 0.5) is 0 Å². The highest BCUT2D eigenvalue weighted by Gasteiger charge is 2.21. The van der Waals surface area contributed by atoms with Crippen LogP contribution in [-0.4, -0.2) is 9.13 Å². The van der Waals surface area contributed by atoms with Gasteiger partial charge in [0.2, 0.25) is 0 Å². The van der Waals surface area contributed by atoms with E-state index in [0.717, 1.165) is 11.4 Å². The van der Waals surface area contributed by atoms with E-state index in [9.17, 15) is 0 Å². The van der Waals surface area contributed by atoms with E-state index >= 15 is 0 Å². The molecule has 3 heterocycles. The maximum atomic E-state index is 2.46. The Bertz CT molecular complexity index is 3470. The number of fused-ring (bicyclic) bond motifs is 10. The van der Waals surface area contributed by atoms with E-state index in [1.54, 1.807) is 0 Å². The number of rotatable bonds is 5. The van der Waals surface area contributed by atoms with Gasteiger partial charge in [-0.05, 0) is 81.9 Å². The van der Waals surface area contributed by atoms with Gasteiger partial charge in [-0.3, -0.25) is 0 Å². The molecule has 0 N–H and O–H groups in total. The molecular weight excluding hydrogens is 709 g/mol. The number of benzene rings is 9. The average Bonchev–Trinajstić information content (AvgIpc) is 3.95. The van der Waals surface area contributed by atoms with Gasteiger partial charge < -0.3 is 9.13 Å². The molecule has 3 aromatic heterocycles. The first-order valence-corrected chi connectivity index (χ1v) is 20.3. The first kappa shape index (κ1) is 32.1. The fraction of sp³-hybridized carbons (Fsp3) is 0. The van der Waals surface area contributed by atoms with Gasteiger partial charge in [-0.2, -0.15) is 0 Å². The van der Waals surface area contributed by atoms with Gasteiger partial charge in [-0.25, -0.2) is 0 Å². The van der Waals surface area contributed by atoms with Crippen LogP contribution in [0.25, 0.3) is 109 Å². The van der Waals surface area contributed by atoms with Crippen LogP contribution in [-0.2, 0) is 0 Å². The number of para-hydroxylation sites is 2. The summed E-state index contributed by atoms with van der Waals surface area (Å²) in [5, 5.41) is 7.69. The lowest BCUT2D eigenvalue weighted by atomic mass is 9.99. The molecule has 266 valence electrons. The maximum Gasteiger partial charge on any atom is 0.0641 e. The zero-order valence-electron chi connectivity index (χ0n) is 30.9. The Balaban J connectivity index is 0.970. The highest BCUT2D eigenvalue weighted by atomic mass is 32.1. The Hall–Kier alpha value is -7.20. The van der Waals surface area contributed by atoms with Gasteiger partial charge in [0.1, 0.15) is 0 Å². The summed E-state index contributed by atoms with van der Waals surface area (Å²) < 4.78 is 7.58. The van der Waals surface area contributed by atoms with Gasteiger partial charge in [-0.1, -0.05) is 158 Å². The van der Waals surface area contributed by atoms with E-state index < -0.39 is 0 Å². The van der Waals surface area contributed by atoms with Crippen molar-refractivity contribution >= 4 is 75.1 Å². The van der Waals surface area contributed by atoms with Crippen LogP contribution in [0.1, 0.15) is 0 Å². The third kappa shape index (κ3) is 4.96. The Labute approximate surface area is 333 Å². The van der Waals surface area contributed by atoms with Crippen molar-refractivity contribution in [3.05, 3.63) is 206 Å². The molecule has 0 atom stereocenters. The molecule has 0 saturated carbocycles. The summed E-state index contributed by atoms with van der Waals surface area (Å²) in [6.45, 7) is 0. The maximum absolute atomic E-state index is 2.46. The fourth-order valence-corrected chi connectivity index (χ4v) is 10.3. The molecule has 0 amide bonds.